The molecule has 156 valence electrons. The number of fused-ring (bicyclic) bond motifs is 1. The zero-order chi connectivity index (χ0) is 20.9. The van der Waals surface area contributed by atoms with E-state index in [2.05, 4.69) is 13.8 Å². The first-order valence-corrected chi connectivity index (χ1v) is 10.7. The molecule has 1 aliphatic carbocycles. The molecule has 0 saturated carbocycles. The third kappa shape index (κ3) is 3.31. The van der Waals surface area contributed by atoms with Gasteiger partial charge in [0.05, 0.1) is 30.7 Å². The number of benzene rings is 2. The minimum absolute atomic E-state index is 0.165. The molecule has 5 nitrogen and oxygen atoms in total. The van der Waals surface area contributed by atoms with Crippen molar-refractivity contribution in [3.63, 3.8) is 0 Å². The molecule has 0 amide bonds. The highest BCUT2D eigenvalue weighted by molar-refractivity contribution is 6.30. The Bertz CT molecular complexity index is 1070. The molecule has 0 N–H and O–H groups in total. The molecule has 0 unspecified atom stereocenters. The van der Waals surface area contributed by atoms with Crippen molar-refractivity contribution in [2.45, 2.75) is 51.1 Å². The van der Waals surface area contributed by atoms with Crippen molar-refractivity contribution in [1.82, 2.24) is 9.78 Å². The molecule has 1 aliphatic heterocycles. The molecule has 1 aromatic heterocycles. The fourth-order valence-corrected chi connectivity index (χ4v) is 4.91. The van der Waals surface area contributed by atoms with Gasteiger partial charge in [-0.2, -0.15) is 5.10 Å². The summed E-state index contributed by atoms with van der Waals surface area (Å²) in [7, 11) is 1.68. The lowest BCUT2D eigenvalue weighted by atomic mass is 10.0. The smallest absolute Gasteiger partial charge is 0.178 e. The van der Waals surface area contributed by atoms with Crippen LogP contribution in [0.4, 0.5) is 0 Å². The minimum atomic E-state index is -0.629. The van der Waals surface area contributed by atoms with Crippen LogP contribution in [0.15, 0.2) is 48.5 Å². The van der Waals surface area contributed by atoms with Gasteiger partial charge in [0, 0.05) is 29.0 Å². The number of hydrogen-bond donors (Lipinski definition) is 0. The predicted molar refractivity (Wildman–Crippen MR) is 116 cm³/mol. The number of hydrogen-bond acceptors (Lipinski definition) is 4. The van der Waals surface area contributed by atoms with E-state index < -0.39 is 5.79 Å². The molecule has 3 aromatic rings. The van der Waals surface area contributed by atoms with Crippen molar-refractivity contribution in [3.05, 3.63) is 64.8 Å². The van der Waals surface area contributed by atoms with Gasteiger partial charge in [-0.25, -0.2) is 4.68 Å². The van der Waals surface area contributed by atoms with Crippen LogP contribution in [0.3, 0.4) is 0 Å². The van der Waals surface area contributed by atoms with Crippen molar-refractivity contribution < 1.29 is 14.2 Å². The lowest BCUT2D eigenvalue weighted by Crippen LogP contribution is -2.48. The quantitative estimate of drug-likeness (QED) is 0.579. The van der Waals surface area contributed by atoms with Gasteiger partial charge in [0.1, 0.15) is 11.4 Å². The molecule has 30 heavy (non-hydrogen) atoms. The Labute approximate surface area is 181 Å². The molecule has 2 aromatic carbocycles. The number of nitrogens with zero attached hydrogens (tertiary/aromatic N) is 2. The van der Waals surface area contributed by atoms with Gasteiger partial charge in [-0.1, -0.05) is 35.9 Å². The Morgan fingerprint density at radius 2 is 1.73 bits per heavy atom. The first kappa shape index (κ1) is 19.6. The summed E-state index contributed by atoms with van der Waals surface area (Å²) in [5, 5.41) is 5.72. The highest BCUT2D eigenvalue weighted by Gasteiger charge is 2.48. The molecular weight excluding hydrogens is 400 g/mol. The van der Waals surface area contributed by atoms with Gasteiger partial charge in [0.2, 0.25) is 0 Å². The van der Waals surface area contributed by atoms with Gasteiger partial charge in [-0.3, -0.25) is 0 Å². The summed E-state index contributed by atoms with van der Waals surface area (Å²) in [4.78, 5) is 0. The van der Waals surface area contributed by atoms with E-state index in [0.29, 0.717) is 17.9 Å². The van der Waals surface area contributed by atoms with Gasteiger partial charge in [0.15, 0.2) is 5.79 Å². The molecule has 0 bridgehead atoms. The van der Waals surface area contributed by atoms with Crippen molar-refractivity contribution in [2.24, 2.45) is 0 Å². The fourth-order valence-electron chi connectivity index (χ4n) is 4.79. The lowest BCUT2D eigenvalue weighted by Gasteiger charge is -2.40. The largest absolute Gasteiger partial charge is 0.494 e. The number of methoxy groups -OCH3 is 1. The van der Waals surface area contributed by atoms with Crippen molar-refractivity contribution in [3.8, 4) is 22.7 Å². The van der Waals surface area contributed by atoms with Crippen LogP contribution in [0.1, 0.15) is 31.5 Å². The SMILES string of the molecule is COc1ccccc1-n1nc2c(c1-c1ccc(Cl)cc1)CC1(C2)O[C@@H](C)C[C@H](C)O1. The Balaban J connectivity index is 1.65. The van der Waals surface area contributed by atoms with Crippen LogP contribution in [0.5, 0.6) is 5.75 Å². The predicted octanol–water partition coefficient (Wildman–Crippen LogP) is 5.21. The summed E-state index contributed by atoms with van der Waals surface area (Å²) in [6.07, 6.45) is 2.55. The molecular formula is C24H25ClN2O3. The van der Waals surface area contributed by atoms with Crippen LogP contribution < -0.4 is 4.74 Å². The van der Waals surface area contributed by atoms with E-state index in [1.165, 1.54) is 0 Å². The number of halogens is 1. The highest BCUT2D eigenvalue weighted by atomic mass is 35.5. The lowest BCUT2D eigenvalue weighted by molar-refractivity contribution is -0.306. The van der Waals surface area contributed by atoms with Crippen LogP contribution in [-0.4, -0.2) is 34.9 Å². The van der Waals surface area contributed by atoms with Gasteiger partial charge in [-0.05, 0) is 44.5 Å². The van der Waals surface area contributed by atoms with Crippen LogP contribution in [-0.2, 0) is 22.3 Å². The van der Waals surface area contributed by atoms with Crippen LogP contribution in [0, 0.1) is 0 Å². The summed E-state index contributed by atoms with van der Waals surface area (Å²) in [6.45, 7) is 4.23. The van der Waals surface area contributed by atoms with Gasteiger partial charge < -0.3 is 14.2 Å². The zero-order valence-electron chi connectivity index (χ0n) is 17.4. The number of aromatic nitrogens is 2. The third-order valence-electron chi connectivity index (χ3n) is 5.88. The van der Waals surface area contributed by atoms with E-state index >= 15 is 0 Å². The van der Waals surface area contributed by atoms with Crippen LogP contribution in [0.2, 0.25) is 5.02 Å². The number of ether oxygens (including phenoxy) is 3. The molecule has 2 aliphatic rings. The van der Waals surface area contributed by atoms with E-state index in [9.17, 15) is 0 Å². The summed E-state index contributed by atoms with van der Waals surface area (Å²) in [5.74, 6) is 0.145. The fraction of sp³-hybridized carbons (Fsp3) is 0.375. The second kappa shape index (κ2) is 7.41. The van der Waals surface area contributed by atoms with E-state index in [1.54, 1.807) is 7.11 Å². The molecule has 1 fully saturated rings. The van der Waals surface area contributed by atoms with Crippen LogP contribution >= 0.6 is 11.6 Å². The maximum absolute atomic E-state index is 6.33. The van der Waals surface area contributed by atoms with Crippen molar-refractivity contribution >= 4 is 11.6 Å². The molecule has 5 rings (SSSR count). The monoisotopic (exact) mass is 424 g/mol. The number of rotatable bonds is 3. The molecule has 2 heterocycles. The molecule has 6 heteroatoms. The average molecular weight is 425 g/mol. The second-order valence-corrected chi connectivity index (χ2v) is 8.66. The average Bonchev–Trinajstić information content (AvgIpc) is 3.21. The van der Waals surface area contributed by atoms with E-state index in [-0.39, 0.29) is 12.2 Å². The molecule has 1 saturated heterocycles. The van der Waals surface area contributed by atoms with E-state index in [0.717, 1.165) is 40.4 Å². The number of para-hydroxylation sites is 2. The Morgan fingerprint density at radius 3 is 2.43 bits per heavy atom. The van der Waals surface area contributed by atoms with Gasteiger partial charge in [0.25, 0.3) is 0 Å². The standard InChI is InChI=1S/C24H25ClN2O3/c1-15-12-16(2)30-24(29-15)13-19-20(14-24)26-27(21-6-4-5-7-22(21)28-3)23(19)17-8-10-18(25)11-9-17/h4-11,15-16H,12-14H2,1-3H3/t15-,16-/m0/s1. The second-order valence-electron chi connectivity index (χ2n) is 8.22. The third-order valence-corrected chi connectivity index (χ3v) is 6.13. The summed E-state index contributed by atoms with van der Waals surface area (Å²) in [6, 6.07) is 15.8. The van der Waals surface area contributed by atoms with E-state index in [4.69, 9.17) is 30.9 Å². The summed E-state index contributed by atoms with van der Waals surface area (Å²) < 4.78 is 20.3. The van der Waals surface area contributed by atoms with E-state index in [1.807, 2.05) is 53.2 Å². The molecule has 2 atom stereocenters. The van der Waals surface area contributed by atoms with Crippen molar-refractivity contribution in [1.29, 1.82) is 0 Å². The minimum Gasteiger partial charge on any atom is -0.494 e. The van der Waals surface area contributed by atoms with Gasteiger partial charge in [-0.15, -0.1) is 0 Å². The normalized spacial score (nSPS) is 25.5. The zero-order valence-corrected chi connectivity index (χ0v) is 18.1. The summed E-state index contributed by atoms with van der Waals surface area (Å²) >= 11 is 6.16. The molecule has 0 radical (unpaired) electrons. The maximum atomic E-state index is 6.33. The summed E-state index contributed by atoms with van der Waals surface area (Å²) in [5.41, 5.74) is 5.14. The van der Waals surface area contributed by atoms with Gasteiger partial charge >= 0.3 is 0 Å². The Kier molecular flexibility index (Phi) is 4.85. The first-order valence-electron chi connectivity index (χ1n) is 10.3. The maximum Gasteiger partial charge on any atom is 0.178 e. The molecule has 1 spiro atoms. The first-order chi connectivity index (χ1) is 14.5. The topological polar surface area (TPSA) is 45.5 Å². The Morgan fingerprint density at radius 1 is 1.03 bits per heavy atom. The van der Waals surface area contributed by atoms with Crippen molar-refractivity contribution in [2.75, 3.05) is 7.11 Å². The highest BCUT2D eigenvalue weighted by Crippen LogP contribution is 2.44. The van der Waals surface area contributed by atoms with Crippen LogP contribution in [0.25, 0.3) is 16.9 Å². The Hall–Kier alpha value is -2.34.